The second-order valence-electron chi connectivity index (χ2n) is 7.74. The van der Waals surface area contributed by atoms with Crippen molar-refractivity contribution in [3.8, 4) is 0 Å². The van der Waals surface area contributed by atoms with E-state index < -0.39 is 8.32 Å². The number of hydrogen-bond acceptors (Lipinski definition) is 2. The topological polar surface area (TPSA) is 42.1 Å². The average molecular weight is 346 g/mol. The van der Waals surface area contributed by atoms with E-state index in [9.17, 15) is 4.79 Å². The van der Waals surface area contributed by atoms with Gasteiger partial charge in [0.25, 0.3) is 0 Å². The molecule has 1 aromatic heterocycles. The van der Waals surface area contributed by atoms with Gasteiger partial charge < -0.3 is 9.41 Å². The molecule has 132 valence electrons. The van der Waals surface area contributed by atoms with Crippen LogP contribution >= 0.6 is 0 Å². The Labute approximate surface area is 146 Å². The molecule has 0 bridgehead atoms. The number of aromatic amines is 1. The van der Waals surface area contributed by atoms with Gasteiger partial charge in [0.05, 0.1) is 6.61 Å². The van der Waals surface area contributed by atoms with Gasteiger partial charge in [-0.15, -0.1) is 0 Å². The van der Waals surface area contributed by atoms with Crippen molar-refractivity contribution in [2.45, 2.75) is 71.7 Å². The molecule has 0 unspecified atom stereocenters. The first-order chi connectivity index (χ1) is 11.2. The zero-order valence-corrected chi connectivity index (χ0v) is 17.1. The van der Waals surface area contributed by atoms with Crippen molar-refractivity contribution < 1.29 is 9.22 Å². The molecule has 2 rings (SSSR count). The highest BCUT2D eigenvalue weighted by Gasteiger charge is 2.44. The SMILES string of the molecule is CC(=O)c1c[nH]c2ccc(CO[Si](C(C)C)(C(C)C)C(C)C)cc12. The van der Waals surface area contributed by atoms with Crippen LogP contribution in [0.1, 0.15) is 64.4 Å². The fourth-order valence-electron chi connectivity index (χ4n) is 4.26. The van der Waals surface area contributed by atoms with Crippen LogP contribution in [-0.2, 0) is 11.0 Å². The minimum Gasteiger partial charge on any atom is -0.412 e. The van der Waals surface area contributed by atoms with Crippen LogP contribution in [0.15, 0.2) is 24.4 Å². The summed E-state index contributed by atoms with van der Waals surface area (Å²) >= 11 is 0. The Morgan fingerprint density at radius 2 is 1.67 bits per heavy atom. The summed E-state index contributed by atoms with van der Waals surface area (Å²) in [7, 11) is -1.87. The third-order valence-corrected chi connectivity index (χ3v) is 11.4. The van der Waals surface area contributed by atoms with Crippen molar-refractivity contribution in [1.82, 2.24) is 4.98 Å². The molecule has 4 heteroatoms. The number of carbonyl (C=O) groups excluding carboxylic acids is 1. The molecular formula is C20H31NO2Si. The molecule has 2 aromatic rings. The van der Waals surface area contributed by atoms with Gasteiger partial charge in [0.15, 0.2) is 5.78 Å². The van der Waals surface area contributed by atoms with Crippen LogP contribution < -0.4 is 0 Å². The van der Waals surface area contributed by atoms with Gasteiger partial charge in [-0.2, -0.15) is 0 Å². The van der Waals surface area contributed by atoms with Crippen LogP contribution in [0.5, 0.6) is 0 Å². The lowest BCUT2D eigenvalue weighted by atomic mass is 10.1. The number of aromatic nitrogens is 1. The largest absolute Gasteiger partial charge is 0.412 e. The number of rotatable bonds is 7. The summed E-state index contributed by atoms with van der Waals surface area (Å²) in [6.07, 6.45) is 1.80. The summed E-state index contributed by atoms with van der Waals surface area (Å²) in [4.78, 5) is 14.9. The Hall–Kier alpha value is -1.39. The summed E-state index contributed by atoms with van der Waals surface area (Å²) < 4.78 is 6.67. The van der Waals surface area contributed by atoms with Crippen LogP contribution in [0.3, 0.4) is 0 Å². The molecule has 0 fully saturated rings. The maximum absolute atomic E-state index is 11.8. The normalized spacial score (nSPS) is 12.8. The number of Topliss-reactive ketones (excluding diaryl/α,β-unsaturated/α-hetero) is 1. The summed E-state index contributed by atoms with van der Waals surface area (Å²) in [6.45, 7) is 16.0. The molecule has 0 aliphatic heterocycles. The van der Waals surface area contributed by atoms with E-state index in [2.05, 4.69) is 58.7 Å². The van der Waals surface area contributed by atoms with Gasteiger partial charge in [0.1, 0.15) is 0 Å². The number of hydrogen-bond donors (Lipinski definition) is 1. The molecule has 0 radical (unpaired) electrons. The Balaban J connectivity index is 2.31. The van der Waals surface area contributed by atoms with Crippen molar-refractivity contribution in [1.29, 1.82) is 0 Å². The van der Waals surface area contributed by atoms with E-state index in [1.54, 1.807) is 13.1 Å². The van der Waals surface area contributed by atoms with Gasteiger partial charge in [-0.05, 0) is 41.2 Å². The summed E-state index contributed by atoms with van der Waals surface area (Å²) in [5.41, 5.74) is 4.61. The molecule has 0 saturated carbocycles. The molecule has 1 aromatic carbocycles. The Morgan fingerprint density at radius 3 is 2.17 bits per heavy atom. The highest BCUT2D eigenvalue weighted by Crippen LogP contribution is 2.42. The number of nitrogens with one attached hydrogen (secondary N) is 1. The average Bonchev–Trinajstić information content (AvgIpc) is 2.89. The Kier molecular flexibility index (Phi) is 5.71. The maximum Gasteiger partial charge on any atom is 0.200 e. The van der Waals surface area contributed by atoms with Crippen molar-refractivity contribution in [3.63, 3.8) is 0 Å². The van der Waals surface area contributed by atoms with Gasteiger partial charge in [-0.3, -0.25) is 4.79 Å². The zero-order valence-electron chi connectivity index (χ0n) is 16.1. The van der Waals surface area contributed by atoms with Gasteiger partial charge in [-0.25, -0.2) is 0 Å². The third-order valence-electron chi connectivity index (χ3n) is 5.32. The second-order valence-corrected chi connectivity index (χ2v) is 13.2. The zero-order chi connectivity index (χ0) is 18.1. The maximum atomic E-state index is 11.8. The van der Waals surface area contributed by atoms with Crippen LogP contribution in [-0.4, -0.2) is 19.1 Å². The van der Waals surface area contributed by atoms with Gasteiger partial charge in [-0.1, -0.05) is 47.6 Å². The molecule has 0 amide bonds. The second kappa shape index (κ2) is 7.24. The van der Waals surface area contributed by atoms with Crippen LogP contribution in [0, 0.1) is 0 Å². The van der Waals surface area contributed by atoms with Crippen LogP contribution in [0.4, 0.5) is 0 Å². The summed E-state index contributed by atoms with van der Waals surface area (Å²) in [6, 6.07) is 6.25. The predicted octanol–water partition coefficient (Wildman–Crippen LogP) is 6.06. The van der Waals surface area contributed by atoms with E-state index in [1.165, 1.54) is 0 Å². The first kappa shape index (κ1) is 18.9. The molecule has 3 nitrogen and oxygen atoms in total. The lowest BCUT2D eigenvalue weighted by molar-refractivity contribution is 0.101. The number of fused-ring (bicyclic) bond motifs is 1. The highest BCUT2D eigenvalue weighted by molar-refractivity contribution is 6.77. The van der Waals surface area contributed by atoms with E-state index in [0.717, 1.165) is 22.0 Å². The fourth-order valence-corrected chi connectivity index (χ4v) is 9.67. The van der Waals surface area contributed by atoms with E-state index in [-0.39, 0.29) is 5.78 Å². The molecule has 24 heavy (non-hydrogen) atoms. The highest BCUT2D eigenvalue weighted by atomic mass is 28.4. The Morgan fingerprint density at radius 1 is 1.08 bits per heavy atom. The smallest absolute Gasteiger partial charge is 0.200 e. The number of carbonyl (C=O) groups is 1. The van der Waals surface area contributed by atoms with E-state index in [1.807, 2.05) is 6.07 Å². The van der Waals surface area contributed by atoms with Gasteiger partial charge in [0, 0.05) is 22.7 Å². The molecule has 1 N–H and O–H groups in total. The summed E-state index contributed by atoms with van der Waals surface area (Å²) in [5, 5.41) is 0.995. The first-order valence-corrected chi connectivity index (χ1v) is 11.1. The minimum atomic E-state index is -1.87. The molecule has 0 atom stereocenters. The molecule has 0 aliphatic carbocycles. The van der Waals surface area contributed by atoms with E-state index >= 15 is 0 Å². The first-order valence-electron chi connectivity index (χ1n) is 8.95. The minimum absolute atomic E-state index is 0.0922. The molecule has 1 heterocycles. The lowest BCUT2D eigenvalue weighted by Gasteiger charge is -2.42. The van der Waals surface area contributed by atoms with Crippen molar-refractivity contribution in [3.05, 3.63) is 35.5 Å². The predicted molar refractivity (Wildman–Crippen MR) is 104 cm³/mol. The van der Waals surface area contributed by atoms with Crippen molar-refractivity contribution >= 4 is 25.0 Å². The van der Waals surface area contributed by atoms with Gasteiger partial charge in [0.2, 0.25) is 8.32 Å². The Bertz CT molecular complexity index is 694. The summed E-state index contributed by atoms with van der Waals surface area (Å²) in [5.74, 6) is 0.0922. The van der Waals surface area contributed by atoms with Crippen molar-refractivity contribution in [2.24, 2.45) is 0 Å². The van der Waals surface area contributed by atoms with Crippen LogP contribution in [0.25, 0.3) is 10.9 Å². The van der Waals surface area contributed by atoms with Gasteiger partial charge >= 0.3 is 0 Å². The van der Waals surface area contributed by atoms with E-state index in [0.29, 0.717) is 23.2 Å². The van der Waals surface area contributed by atoms with Crippen LogP contribution in [0.2, 0.25) is 16.6 Å². The van der Waals surface area contributed by atoms with E-state index in [4.69, 9.17) is 4.43 Å². The number of H-pyrrole nitrogens is 1. The monoisotopic (exact) mass is 345 g/mol. The molecule has 0 aliphatic rings. The lowest BCUT2D eigenvalue weighted by Crippen LogP contribution is -2.47. The standard InChI is InChI=1S/C20H31NO2Si/c1-13(2)24(14(3)4,15(5)6)23-12-17-8-9-20-18(10-17)19(11-21-20)16(7)22/h8-11,13-15,21H,12H2,1-7H3. The molecule has 0 spiro atoms. The third kappa shape index (κ3) is 3.35. The quantitative estimate of drug-likeness (QED) is 0.489. The molecule has 0 saturated heterocycles. The fraction of sp³-hybridized carbons (Fsp3) is 0.550. The number of ketones is 1. The number of benzene rings is 1. The molecular weight excluding hydrogens is 314 g/mol. The van der Waals surface area contributed by atoms with Crippen molar-refractivity contribution in [2.75, 3.05) is 0 Å².